The third-order valence-corrected chi connectivity index (χ3v) is 6.13. The second kappa shape index (κ2) is 6.55. The van der Waals surface area contributed by atoms with Crippen molar-refractivity contribution in [3.63, 3.8) is 0 Å². The lowest BCUT2D eigenvalue weighted by molar-refractivity contribution is -0.143. The van der Waals surface area contributed by atoms with Crippen LogP contribution in [0.1, 0.15) is 43.7 Å². The number of carbonyl (C=O) groups is 3. The van der Waals surface area contributed by atoms with Gasteiger partial charge in [-0.25, -0.2) is 9.69 Å². The lowest BCUT2D eigenvalue weighted by Crippen LogP contribution is -2.51. The minimum absolute atomic E-state index is 0.193. The zero-order chi connectivity index (χ0) is 19.2. The predicted octanol–water partition coefficient (Wildman–Crippen LogP) is 1.83. The van der Waals surface area contributed by atoms with Gasteiger partial charge in [-0.2, -0.15) is 0 Å². The van der Waals surface area contributed by atoms with Gasteiger partial charge in [0, 0.05) is 13.1 Å². The molecule has 1 saturated heterocycles. The molecule has 1 aromatic carbocycles. The summed E-state index contributed by atoms with van der Waals surface area (Å²) >= 11 is 0. The van der Waals surface area contributed by atoms with Crippen LogP contribution in [0.5, 0.6) is 5.75 Å². The second-order valence-electron chi connectivity index (χ2n) is 7.71. The molecule has 1 atom stereocenters. The first kappa shape index (κ1) is 17.8. The molecule has 0 bridgehead atoms. The molecule has 27 heavy (non-hydrogen) atoms. The van der Waals surface area contributed by atoms with Gasteiger partial charge in [0.25, 0.3) is 5.91 Å². The molecule has 1 aliphatic carbocycles. The summed E-state index contributed by atoms with van der Waals surface area (Å²) in [6.45, 7) is 2.69. The van der Waals surface area contributed by atoms with Crippen molar-refractivity contribution in [1.29, 1.82) is 0 Å². The van der Waals surface area contributed by atoms with Gasteiger partial charge in [-0.15, -0.1) is 0 Å². The quantitative estimate of drug-likeness (QED) is 0.823. The molecule has 1 aromatic rings. The Balaban J connectivity index is 1.51. The lowest BCUT2D eigenvalue weighted by Gasteiger charge is -2.33. The Morgan fingerprint density at radius 3 is 2.67 bits per heavy atom. The average Bonchev–Trinajstić information content (AvgIpc) is 3.24. The summed E-state index contributed by atoms with van der Waals surface area (Å²) in [6.07, 6.45) is 3.92. The monoisotopic (exact) mass is 371 g/mol. The van der Waals surface area contributed by atoms with Crippen molar-refractivity contribution in [3.05, 3.63) is 29.3 Å². The minimum Gasteiger partial charge on any atom is -0.497 e. The first-order valence-corrected chi connectivity index (χ1v) is 9.55. The van der Waals surface area contributed by atoms with Crippen molar-refractivity contribution >= 4 is 17.8 Å². The molecule has 1 N–H and O–H groups in total. The van der Waals surface area contributed by atoms with Crippen molar-refractivity contribution in [2.75, 3.05) is 13.7 Å². The number of imide groups is 1. The number of urea groups is 1. The standard InChI is InChI=1S/C20H25N3O4/c1-13(23-18(25)20(21-19(23)26)8-3-4-9-20)17(24)22-10-7-14-5-6-16(27-2)11-15(14)12-22/h5-6,11,13H,3-4,7-10,12H2,1-2H3,(H,21,26). The highest BCUT2D eigenvalue weighted by Crippen LogP contribution is 2.36. The van der Waals surface area contributed by atoms with Gasteiger partial charge >= 0.3 is 6.03 Å². The van der Waals surface area contributed by atoms with Crippen LogP contribution >= 0.6 is 0 Å². The van der Waals surface area contributed by atoms with Crippen molar-refractivity contribution in [1.82, 2.24) is 15.1 Å². The molecular weight excluding hydrogens is 346 g/mol. The number of benzene rings is 1. The van der Waals surface area contributed by atoms with Gasteiger partial charge in [0.1, 0.15) is 17.3 Å². The van der Waals surface area contributed by atoms with Gasteiger partial charge in [-0.1, -0.05) is 18.9 Å². The summed E-state index contributed by atoms with van der Waals surface area (Å²) in [7, 11) is 1.62. The Labute approximate surface area is 158 Å². The van der Waals surface area contributed by atoms with Gasteiger partial charge in [0.05, 0.1) is 7.11 Å². The smallest absolute Gasteiger partial charge is 0.325 e. The van der Waals surface area contributed by atoms with E-state index in [4.69, 9.17) is 4.74 Å². The number of rotatable bonds is 3. The first-order valence-electron chi connectivity index (χ1n) is 9.55. The van der Waals surface area contributed by atoms with E-state index in [2.05, 4.69) is 5.32 Å². The Morgan fingerprint density at radius 1 is 1.22 bits per heavy atom. The van der Waals surface area contributed by atoms with Crippen LogP contribution in [0.3, 0.4) is 0 Å². The van der Waals surface area contributed by atoms with Gasteiger partial charge in [0.2, 0.25) is 5.91 Å². The number of hydrogen-bond acceptors (Lipinski definition) is 4. The maximum atomic E-state index is 13.1. The molecular formula is C20H25N3O4. The van der Waals surface area contributed by atoms with Gasteiger partial charge in [-0.3, -0.25) is 9.59 Å². The maximum Gasteiger partial charge on any atom is 0.325 e. The van der Waals surface area contributed by atoms with Crippen LogP contribution in [-0.2, 0) is 22.6 Å². The Kier molecular flexibility index (Phi) is 4.32. The van der Waals surface area contributed by atoms with E-state index in [-0.39, 0.29) is 11.8 Å². The van der Waals surface area contributed by atoms with Gasteiger partial charge in [0.15, 0.2) is 0 Å². The predicted molar refractivity (Wildman–Crippen MR) is 98.2 cm³/mol. The number of amides is 4. The van der Waals surface area contributed by atoms with E-state index < -0.39 is 17.6 Å². The van der Waals surface area contributed by atoms with Crippen LogP contribution in [0.2, 0.25) is 0 Å². The highest BCUT2D eigenvalue weighted by atomic mass is 16.5. The van der Waals surface area contributed by atoms with Crippen molar-refractivity contribution in [2.45, 2.75) is 57.2 Å². The number of fused-ring (bicyclic) bond motifs is 1. The SMILES string of the molecule is COc1ccc2c(c1)CN(C(=O)C(C)N1C(=O)NC3(CCCC3)C1=O)CC2. The van der Waals surface area contributed by atoms with Gasteiger partial charge < -0.3 is 15.0 Å². The first-order chi connectivity index (χ1) is 12.9. The fraction of sp³-hybridized carbons (Fsp3) is 0.550. The summed E-state index contributed by atoms with van der Waals surface area (Å²) in [5.74, 6) is 0.320. The van der Waals surface area contributed by atoms with E-state index in [1.807, 2.05) is 18.2 Å². The van der Waals surface area contributed by atoms with Crippen LogP contribution in [-0.4, -0.2) is 52.9 Å². The van der Waals surface area contributed by atoms with Crippen molar-refractivity contribution < 1.29 is 19.1 Å². The van der Waals surface area contributed by atoms with Crippen molar-refractivity contribution in [3.8, 4) is 5.75 Å². The number of carbonyl (C=O) groups excluding carboxylic acids is 3. The molecule has 2 heterocycles. The summed E-state index contributed by atoms with van der Waals surface area (Å²) in [5.41, 5.74) is 1.46. The van der Waals surface area contributed by atoms with E-state index >= 15 is 0 Å². The van der Waals surface area contributed by atoms with Crippen molar-refractivity contribution in [2.24, 2.45) is 0 Å². The van der Waals surface area contributed by atoms with Crippen LogP contribution < -0.4 is 10.1 Å². The molecule has 7 heteroatoms. The molecule has 1 saturated carbocycles. The van der Waals surface area contributed by atoms with E-state index in [1.54, 1.807) is 18.9 Å². The zero-order valence-electron chi connectivity index (χ0n) is 15.8. The highest BCUT2D eigenvalue weighted by Gasteiger charge is 2.54. The fourth-order valence-electron chi connectivity index (χ4n) is 4.53. The normalized spacial score (nSPS) is 22.0. The third kappa shape index (κ3) is 2.85. The molecule has 2 aliphatic heterocycles. The number of ether oxygens (including phenoxy) is 1. The summed E-state index contributed by atoms with van der Waals surface area (Å²) < 4.78 is 5.28. The molecule has 2 fully saturated rings. The number of nitrogens with zero attached hydrogens (tertiary/aromatic N) is 2. The zero-order valence-corrected chi connectivity index (χ0v) is 15.8. The molecule has 3 aliphatic rings. The Morgan fingerprint density at radius 2 is 1.96 bits per heavy atom. The molecule has 0 aromatic heterocycles. The van der Waals surface area contributed by atoms with E-state index in [0.29, 0.717) is 25.9 Å². The largest absolute Gasteiger partial charge is 0.497 e. The Bertz CT molecular complexity index is 800. The number of methoxy groups -OCH3 is 1. The molecule has 0 radical (unpaired) electrons. The lowest BCUT2D eigenvalue weighted by atomic mass is 9.97. The second-order valence-corrected chi connectivity index (χ2v) is 7.71. The summed E-state index contributed by atoms with van der Waals surface area (Å²) in [6, 6.07) is 4.65. The van der Waals surface area contributed by atoms with Crippen LogP contribution in [0.4, 0.5) is 4.79 Å². The highest BCUT2D eigenvalue weighted by molar-refractivity contribution is 6.10. The third-order valence-electron chi connectivity index (χ3n) is 6.13. The summed E-state index contributed by atoms with van der Waals surface area (Å²) in [5, 5.41) is 2.85. The molecule has 1 spiro atoms. The van der Waals surface area contributed by atoms with Gasteiger partial charge in [-0.05, 0) is 49.4 Å². The maximum absolute atomic E-state index is 13.1. The van der Waals surface area contributed by atoms with E-state index in [0.717, 1.165) is 35.5 Å². The van der Waals surface area contributed by atoms with E-state index in [9.17, 15) is 14.4 Å². The number of nitrogens with one attached hydrogen (secondary N) is 1. The number of hydrogen-bond donors (Lipinski definition) is 1. The topological polar surface area (TPSA) is 79.0 Å². The Hall–Kier alpha value is -2.57. The van der Waals surface area contributed by atoms with Crippen LogP contribution in [0.25, 0.3) is 0 Å². The molecule has 7 nitrogen and oxygen atoms in total. The molecule has 144 valence electrons. The molecule has 4 rings (SSSR count). The van der Waals surface area contributed by atoms with Crippen LogP contribution in [0, 0.1) is 0 Å². The fourth-order valence-corrected chi connectivity index (χ4v) is 4.53. The summed E-state index contributed by atoms with van der Waals surface area (Å²) in [4.78, 5) is 41.3. The van der Waals surface area contributed by atoms with E-state index in [1.165, 1.54) is 5.56 Å². The minimum atomic E-state index is -0.801. The average molecular weight is 371 g/mol. The molecule has 1 unspecified atom stereocenters. The van der Waals surface area contributed by atoms with Crippen LogP contribution in [0.15, 0.2) is 18.2 Å². The molecule has 4 amide bonds.